The van der Waals surface area contributed by atoms with E-state index in [1.165, 1.54) is 24.3 Å². The van der Waals surface area contributed by atoms with Gasteiger partial charge in [-0.05, 0) is 90.6 Å². The van der Waals surface area contributed by atoms with Crippen LogP contribution in [0.5, 0.6) is 5.75 Å². The fourth-order valence-electron chi connectivity index (χ4n) is 5.76. The first-order chi connectivity index (χ1) is 21.7. The molecule has 2 aliphatic rings. The summed E-state index contributed by atoms with van der Waals surface area (Å²) in [6, 6.07) is 7.07. The van der Waals surface area contributed by atoms with E-state index in [4.69, 9.17) is 25.8 Å². The van der Waals surface area contributed by atoms with Crippen LogP contribution in [0.15, 0.2) is 30.3 Å². The summed E-state index contributed by atoms with van der Waals surface area (Å²) in [5, 5.41) is 0.126. The number of ether oxygens (including phenoxy) is 3. The summed E-state index contributed by atoms with van der Waals surface area (Å²) in [5.41, 5.74) is 0.414. The molecule has 46 heavy (non-hydrogen) atoms. The van der Waals surface area contributed by atoms with Crippen LogP contribution >= 0.6 is 11.6 Å². The molecule has 0 radical (unpaired) electrons. The van der Waals surface area contributed by atoms with Gasteiger partial charge in [0.1, 0.15) is 17.2 Å². The first-order valence-electron chi connectivity index (χ1n) is 16.0. The summed E-state index contributed by atoms with van der Waals surface area (Å²) >= 11 is 6.82. The quantitative estimate of drug-likeness (QED) is 0.240. The molecule has 252 valence electrons. The second-order valence-corrected chi connectivity index (χ2v) is 13.8. The van der Waals surface area contributed by atoms with Crippen molar-refractivity contribution in [2.24, 2.45) is 0 Å². The number of rotatable bonds is 11. The maximum absolute atomic E-state index is 15.4. The van der Waals surface area contributed by atoms with Gasteiger partial charge in [-0.1, -0.05) is 11.6 Å². The molecule has 11 heteroatoms. The molecular weight excluding hydrogens is 613 g/mol. The summed E-state index contributed by atoms with van der Waals surface area (Å²) in [7, 11) is 3.35. The lowest BCUT2D eigenvalue weighted by Gasteiger charge is -2.41. The lowest BCUT2D eigenvalue weighted by Crippen LogP contribution is -2.54. The van der Waals surface area contributed by atoms with Crippen LogP contribution in [0.2, 0.25) is 5.02 Å². The van der Waals surface area contributed by atoms with Crippen LogP contribution < -0.4 is 4.74 Å². The number of halogens is 2. The number of amides is 3. The Balaban J connectivity index is 1.69. The molecule has 9 nitrogen and oxygen atoms in total. The van der Waals surface area contributed by atoms with E-state index in [-0.39, 0.29) is 58.4 Å². The van der Waals surface area contributed by atoms with Gasteiger partial charge in [0.05, 0.1) is 23.2 Å². The maximum Gasteiger partial charge on any atom is 0.410 e. The molecule has 4 rings (SSSR count). The molecule has 1 saturated carbocycles. The molecule has 0 aromatic heterocycles. The van der Waals surface area contributed by atoms with Crippen LogP contribution in [-0.4, -0.2) is 96.8 Å². The largest absolute Gasteiger partial charge is 0.493 e. The van der Waals surface area contributed by atoms with Crippen LogP contribution in [-0.2, 0) is 9.47 Å². The number of hydrogen-bond donors (Lipinski definition) is 0. The van der Waals surface area contributed by atoms with Gasteiger partial charge in [0, 0.05) is 69.0 Å². The molecule has 1 saturated heterocycles. The van der Waals surface area contributed by atoms with Gasteiger partial charge in [-0.15, -0.1) is 0 Å². The minimum atomic E-state index is -0.633. The van der Waals surface area contributed by atoms with Gasteiger partial charge >= 0.3 is 6.09 Å². The van der Waals surface area contributed by atoms with Crippen molar-refractivity contribution in [2.75, 3.05) is 40.5 Å². The molecule has 0 N–H and O–H groups in total. The Kier molecular flexibility index (Phi) is 11.6. The third-order valence-electron chi connectivity index (χ3n) is 8.20. The van der Waals surface area contributed by atoms with Gasteiger partial charge in [-0.25, -0.2) is 9.18 Å². The number of hydrogen-bond acceptors (Lipinski definition) is 6. The Bertz CT molecular complexity index is 1420. The molecule has 1 heterocycles. The number of piperidine rings is 1. The molecule has 2 fully saturated rings. The van der Waals surface area contributed by atoms with Crippen LogP contribution in [0, 0.1) is 5.82 Å². The van der Waals surface area contributed by atoms with Crippen molar-refractivity contribution < 1.29 is 33.0 Å². The van der Waals surface area contributed by atoms with Crippen molar-refractivity contribution in [3.8, 4) is 16.9 Å². The first-order valence-corrected chi connectivity index (χ1v) is 16.4. The van der Waals surface area contributed by atoms with E-state index in [9.17, 15) is 14.4 Å². The number of carbonyl (C=O) groups excluding carboxylic acids is 3. The molecule has 2 aromatic rings. The van der Waals surface area contributed by atoms with Crippen molar-refractivity contribution in [3.05, 3.63) is 52.3 Å². The van der Waals surface area contributed by atoms with Gasteiger partial charge < -0.3 is 28.9 Å². The van der Waals surface area contributed by atoms with Crippen molar-refractivity contribution in [1.29, 1.82) is 0 Å². The molecule has 0 spiro atoms. The standard InChI is InChI=1S/C35H47ClFN3O6/c1-22(2)40(25-10-8-15-39(21-25)34(43)46-35(3,4)5)33(42)28-20-31(45-17-9-16-44-7)27(19-29(28)36)26-18-23(11-14-30(26)37)32(41)38(6)24-12-13-24/h11,14,18-20,22,24-25H,8-10,12-13,15-17,21H2,1-7H3/t25-/m1/s1. The van der Waals surface area contributed by atoms with E-state index < -0.39 is 17.5 Å². The second kappa shape index (κ2) is 15.0. The third-order valence-corrected chi connectivity index (χ3v) is 8.51. The van der Waals surface area contributed by atoms with Crippen LogP contribution in [0.1, 0.15) is 87.4 Å². The Hall–Kier alpha value is -3.37. The minimum Gasteiger partial charge on any atom is -0.493 e. The molecular formula is C35H47ClFN3O6. The van der Waals surface area contributed by atoms with E-state index in [1.54, 1.807) is 34.9 Å². The zero-order chi connectivity index (χ0) is 33.8. The number of likely N-dealkylation sites (tertiary alicyclic amines) is 1. The summed E-state index contributed by atoms with van der Waals surface area (Å²) in [6.45, 7) is 10.9. The summed E-state index contributed by atoms with van der Waals surface area (Å²) in [5.74, 6) is -0.786. The second-order valence-electron chi connectivity index (χ2n) is 13.4. The molecule has 2 aromatic carbocycles. The highest BCUT2D eigenvalue weighted by Gasteiger charge is 2.36. The van der Waals surface area contributed by atoms with Gasteiger partial charge in [0.25, 0.3) is 11.8 Å². The topological polar surface area (TPSA) is 88.6 Å². The first kappa shape index (κ1) is 35.5. The molecule has 0 bridgehead atoms. The smallest absolute Gasteiger partial charge is 0.410 e. The predicted molar refractivity (Wildman–Crippen MR) is 176 cm³/mol. The van der Waals surface area contributed by atoms with Crippen LogP contribution in [0.3, 0.4) is 0 Å². The van der Waals surface area contributed by atoms with E-state index in [0.717, 1.165) is 12.8 Å². The van der Waals surface area contributed by atoms with E-state index in [2.05, 4.69) is 0 Å². The van der Waals surface area contributed by atoms with E-state index in [1.807, 2.05) is 34.6 Å². The molecule has 1 aliphatic carbocycles. The number of methoxy groups -OCH3 is 1. The van der Waals surface area contributed by atoms with Gasteiger partial charge in [-0.2, -0.15) is 0 Å². The molecule has 0 unspecified atom stereocenters. The molecule has 3 amide bonds. The van der Waals surface area contributed by atoms with Crippen LogP contribution in [0.25, 0.3) is 11.1 Å². The maximum atomic E-state index is 15.4. The van der Waals surface area contributed by atoms with Gasteiger partial charge in [0.2, 0.25) is 0 Å². The third kappa shape index (κ3) is 8.70. The highest BCUT2D eigenvalue weighted by molar-refractivity contribution is 6.34. The monoisotopic (exact) mass is 659 g/mol. The normalized spacial score (nSPS) is 16.7. The SMILES string of the molecule is COCCCOc1cc(C(=O)N(C(C)C)[C@@H]2CCCN(C(=O)OC(C)(C)C)C2)c(Cl)cc1-c1cc(C(=O)N(C)C2CC2)ccc1F. The Morgan fingerprint density at radius 2 is 1.74 bits per heavy atom. The fourth-order valence-corrected chi connectivity index (χ4v) is 6.01. The van der Waals surface area contributed by atoms with Crippen molar-refractivity contribution >= 4 is 29.5 Å². The molecule has 1 atom stereocenters. The van der Waals surface area contributed by atoms with Gasteiger partial charge in [0.15, 0.2) is 0 Å². The van der Waals surface area contributed by atoms with Gasteiger partial charge in [-0.3, -0.25) is 9.59 Å². The number of nitrogens with zero attached hydrogens (tertiary/aromatic N) is 3. The number of benzene rings is 2. The molecule has 1 aliphatic heterocycles. The highest BCUT2D eigenvalue weighted by atomic mass is 35.5. The lowest BCUT2D eigenvalue weighted by atomic mass is 9.97. The average Bonchev–Trinajstić information content (AvgIpc) is 3.84. The number of carbonyl (C=O) groups is 3. The zero-order valence-electron chi connectivity index (χ0n) is 28.0. The summed E-state index contributed by atoms with van der Waals surface area (Å²) in [4.78, 5) is 45.3. The Morgan fingerprint density at radius 1 is 1.02 bits per heavy atom. The highest BCUT2D eigenvalue weighted by Crippen LogP contribution is 2.39. The zero-order valence-corrected chi connectivity index (χ0v) is 28.8. The van der Waals surface area contributed by atoms with E-state index in [0.29, 0.717) is 50.1 Å². The summed E-state index contributed by atoms with van der Waals surface area (Å²) in [6.07, 6.45) is 3.48. The van der Waals surface area contributed by atoms with Crippen LogP contribution in [0.4, 0.5) is 9.18 Å². The predicted octanol–water partition coefficient (Wildman–Crippen LogP) is 7.05. The van der Waals surface area contributed by atoms with Crippen molar-refractivity contribution in [1.82, 2.24) is 14.7 Å². The van der Waals surface area contributed by atoms with Crippen molar-refractivity contribution in [3.63, 3.8) is 0 Å². The van der Waals surface area contributed by atoms with Crippen molar-refractivity contribution in [2.45, 2.75) is 90.4 Å². The minimum absolute atomic E-state index is 0.126. The lowest BCUT2D eigenvalue weighted by molar-refractivity contribution is 0.00752. The Morgan fingerprint density at radius 3 is 2.37 bits per heavy atom. The Labute approximate surface area is 276 Å². The average molecular weight is 660 g/mol. The summed E-state index contributed by atoms with van der Waals surface area (Å²) < 4.78 is 32.3. The van der Waals surface area contributed by atoms with E-state index >= 15 is 4.39 Å². The fraction of sp³-hybridized carbons (Fsp3) is 0.571.